The van der Waals surface area contributed by atoms with Gasteiger partial charge >= 0.3 is 0 Å². The number of benzene rings is 4. The molecule has 16 aromatic rings. The van der Waals surface area contributed by atoms with Crippen molar-refractivity contribution in [3.8, 4) is 44.5 Å². The third-order valence-electron chi connectivity index (χ3n) is 29.3. The number of amides is 4. The number of piperidine rings is 2. The van der Waals surface area contributed by atoms with Crippen LogP contribution in [0, 0.1) is 0 Å². The molecular weight excluding hydrogens is 1900 g/mol. The van der Waals surface area contributed by atoms with Gasteiger partial charge in [0.2, 0.25) is 0 Å². The topological polar surface area (TPSA) is 382 Å². The van der Waals surface area contributed by atoms with Gasteiger partial charge in [-0.15, -0.1) is 0 Å². The summed E-state index contributed by atoms with van der Waals surface area (Å²) in [5.41, 5.74) is 19.2. The zero-order valence-corrected chi connectivity index (χ0v) is 84.9. The summed E-state index contributed by atoms with van der Waals surface area (Å²) in [5.74, 6) is -0.0187. The van der Waals surface area contributed by atoms with Crippen LogP contribution < -0.4 is 55.6 Å². The second-order valence-corrected chi connectivity index (χ2v) is 39.8. The molecule has 8 aliphatic heterocycles. The van der Waals surface area contributed by atoms with Gasteiger partial charge in [-0.25, -0.2) is 28.7 Å². The van der Waals surface area contributed by atoms with Crippen LogP contribution in [0.3, 0.4) is 0 Å². The predicted molar refractivity (Wildman–Crippen MR) is 585 cm³/mol. The number of fused-ring (bicyclic) bond motifs is 4. The quantitative estimate of drug-likeness (QED) is 0.0331. The molecule has 8 N–H and O–H groups in total. The number of likely N-dealkylation sites (tertiary alicyclic amines) is 1. The van der Waals surface area contributed by atoms with Gasteiger partial charge in [-0.3, -0.25) is 64.4 Å². The van der Waals surface area contributed by atoms with Crippen LogP contribution in [-0.4, -0.2) is 333 Å². The van der Waals surface area contributed by atoms with Gasteiger partial charge in [0.25, 0.3) is 29.6 Å². The van der Waals surface area contributed by atoms with Crippen molar-refractivity contribution in [2.45, 2.75) is 57.4 Å². The van der Waals surface area contributed by atoms with Crippen LogP contribution in [0.25, 0.3) is 88.1 Å². The summed E-state index contributed by atoms with van der Waals surface area (Å²) in [6, 6.07) is 47.6. The van der Waals surface area contributed by atoms with Crippen LogP contribution >= 0.6 is 0 Å². The molecule has 39 heteroatoms. The van der Waals surface area contributed by atoms with Crippen LogP contribution in [0.15, 0.2) is 220 Å². The fourth-order valence-electron chi connectivity index (χ4n) is 20.2. The van der Waals surface area contributed by atoms with Gasteiger partial charge in [-0.2, -0.15) is 20.4 Å². The molecule has 0 unspecified atom stereocenters. The van der Waals surface area contributed by atoms with Gasteiger partial charge in [-0.1, -0.05) is 24.3 Å². The third kappa shape index (κ3) is 24.1. The zero-order chi connectivity index (χ0) is 103. The third-order valence-corrected chi connectivity index (χ3v) is 29.3. The van der Waals surface area contributed by atoms with Crippen LogP contribution in [0.2, 0.25) is 0 Å². The summed E-state index contributed by atoms with van der Waals surface area (Å²) in [5, 5.41) is 43.9. The number of rotatable bonds is 21. The molecule has 24 rings (SSSR count). The van der Waals surface area contributed by atoms with Crippen molar-refractivity contribution in [3.05, 3.63) is 248 Å². The number of nitrogens with zero attached hydrogens (tertiary/aromatic N) is 24. The highest BCUT2D eigenvalue weighted by atomic mass is 19.3. The summed E-state index contributed by atoms with van der Waals surface area (Å²) in [4.78, 5) is 116. The Kier molecular flexibility index (Phi) is 30.5. The summed E-state index contributed by atoms with van der Waals surface area (Å²) in [7, 11) is 8.51. The van der Waals surface area contributed by atoms with Crippen molar-refractivity contribution < 1.29 is 32.7 Å². The van der Waals surface area contributed by atoms with Gasteiger partial charge in [0.05, 0.1) is 118 Å². The molecule has 4 amide bonds. The Labute approximate surface area is 867 Å². The Morgan fingerprint density at radius 2 is 0.573 bits per heavy atom. The molecule has 0 saturated carbocycles. The Morgan fingerprint density at radius 1 is 0.293 bits per heavy atom. The number of H-pyrrole nitrogens is 4. The molecular formula is C111H124F2N32O5. The summed E-state index contributed by atoms with van der Waals surface area (Å²) >= 11 is 0. The van der Waals surface area contributed by atoms with Crippen molar-refractivity contribution in [2.24, 2.45) is 0 Å². The Morgan fingerprint density at radius 3 is 0.867 bits per heavy atom. The second kappa shape index (κ2) is 45.8. The molecule has 20 heterocycles. The van der Waals surface area contributed by atoms with Crippen LogP contribution in [0.5, 0.6) is 0 Å². The fraction of sp³-hybridized carbons (Fsp3) is 0.351. The van der Waals surface area contributed by atoms with Gasteiger partial charge in [0.1, 0.15) is 23.3 Å². The molecule has 0 bridgehead atoms. The van der Waals surface area contributed by atoms with Crippen LogP contribution in [0.1, 0.15) is 92.5 Å². The van der Waals surface area contributed by atoms with Gasteiger partial charge in [0, 0.05) is 251 Å². The number of hydrogen-bond acceptors (Lipinski definition) is 29. The van der Waals surface area contributed by atoms with E-state index in [0.717, 1.165) is 286 Å². The minimum absolute atomic E-state index is 0.113. The highest BCUT2D eigenvalue weighted by Gasteiger charge is 2.35. The predicted octanol–water partition coefficient (Wildman–Crippen LogP) is 14.8. The van der Waals surface area contributed by atoms with E-state index in [1.54, 1.807) is 37.2 Å². The molecule has 4 aromatic carbocycles. The number of piperazine rings is 4. The van der Waals surface area contributed by atoms with Gasteiger partial charge in [0.15, 0.2) is 22.8 Å². The SMILES string of the molecule is CN1CCN(c2ccc(NC(=O)c3n[nH]c4ccc(-c5cncc(CN6CCC(F)(F)CC6)c5)cc34)cn2)CC1.CN1CCN(c2ccc(NC(=O)c3n[nH]c4ccc(-c5cncc(N6CCCC6)c5)cc34)cn2)CC1.CN1CCN(c2ccc(NC(=O)c3n[nH]c4ccc(-c5cncc(N6CCCCC6)c5)cc34)cn2)CC1.CN1CCN(c2ccc(NC(=O)c3n[nH]c4ccc(-c5cncc(N6CCOCC6)c5)cc34)cn2)CC1. The number of anilines is 11. The van der Waals surface area contributed by atoms with E-state index in [-0.39, 0.29) is 36.5 Å². The fourth-order valence-corrected chi connectivity index (χ4v) is 20.2. The molecule has 0 spiro atoms. The standard InChI is InChI=1S/C29H32F2N8O.C28H32N8O.C27H30N8O2.C27H30N8O/c1-37-10-12-39(13-11-37)26-5-3-23(18-33-26)34-28(40)27-24-15-21(2-4-25(24)35-36-27)22-14-20(16-32-17-22)19-38-8-6-29(30,31)7-9-38;1-34-11-13-36(14-12-34)26-8-6-22(18-30-26)31-28(37)27-24-16-20(5-7-25(24)32-33-27)21-15-23(19-29-17-21)35-9-3-2-4-10-35;1-33-6-8-35(9-7-33)25-5-3-21(17-29-25)30-27(36)26-23-15-19(2-4-24(23)31-32-26)20-14-22(18-28-16-20)34-10-12-37-13-11-34;1-33-10-12-35(13-11-33)25-7-5-21(17-29-25)30-27(36)26-23-15-19(4-6-24(23)31-32-26)20-14-22(18-28-16-20)34-8-2-3-9-34/h2-5,14-18H,6-13,19H2,1H3,(H,34,40)(H,35,36);5-8,15-19H,2-4,9-14H2,1H3,(H,31,37)(H,32,33);2-5,14-18H,6-13H2,1H3,(H,30,36)(H,31,32);4-7,14-18H,2-3,8-13H2,1H3,(H,30,36)(H,31,32). The van der Waals surface area contributed by atoms with E-state index in [4.69, 9.17) is 4.74 Å². The minimum Gasteiger partial charge on any atom is -0.378 e. The highest BCUT2D eigenvalue weighted by Crippen LogP contribution is 2.37. The number of halogens is 2. The Balaban J connectivity index is 0.000000117. The largest absolute Gasteiger partial charge is 0.378 e. The molecule has 8 aliphatic rings. The average molecular weight is 2020 g/mol. The number of nitrogens with one attached hydrogen (secondary N) is 8. The maximum absolute atomic E-state index is 13.5. The molecule has 150 heavy (non-hydrogen) atoms. The molecule has 0 atom stereocenters. The van der Waals surface area contributed by atoms with Crippen molar-refractivity contribution in [1.29, 1.82) is 0 Å². The first-order valence-corrected chi connectivity index (χ1v) is 51.7. The maximum atomic E-state index is 13.5. The molecule has 12 aromatic heterocycles. The van der Waals surface area contributed by atoms with E-state index in [1.807, 2.05) is 169 Å². The molecule has 8 fully saturated rings. The zero-order valence-electron chi connectivity index (χ0n) is 84.9. The van der Waals surface area contributed by atoms with Gasteiger partial charge < -0.3 is 79.9 Å². The number of ether oxygens (including phenoxy) is 1. The van der Waals surface area contributed by atoms with Crippen molar-refractivity contribution >= 4 is 130 Å². The molecule has 0 aliphatic carbocycles. The summed E-state index contributed by atoms with van der Waals surface area (Å²) in [6.07, 6.45) is 27.6. The monoisotopic (exact) mass is 2020 g/mol. The lowest BCUT2D eigenvalue weighted by atomic mass is 10.0. The highest BCUT2D eigenvalue weighted by molar-refractivity contribution is 6.15. The van der Waals surface area contributed by atoms with E-state index >= 15 is 0 Å². The smallest absolute Gasteiger partial charge is 0.276 e. The minimum atomic E-state index is -2.56. The normalized spacial score (nSPS) is 17.1. The van der Waals surface area contributed by atoms with E-state index in [0.29, 0.717) is 70.5 Å². The summed E-state index contributed by atoms with van der Waals surface area (Å²) in [6.45, 7) is 24.4. The lowest BCUT2D eigenvalue weighted by Crippen LogP contribution is -2.44. The Bertz CT molecular complexity index is 7160. The first-order valence-electron chi connectivity index (χ1n) is 51.7. The number of aromatic amines is 4. The Hall–Kier alpha value is -15.9. The van der Waals surface area contributed by atoms with Gasteiger partial charge in [-0.05, 0) is 209 Å². The first-order chi connectivity index (χ1) is 73.2. The molecule has 8 saturated heterocycles. The van der Waals surface area contributed by atoms with E-state index in [9.17, 15) is 28.0 Å². The van der Waals surface area contributed by atoms with Crippen molar-refractivity contribution in [2.75, 3.05) is 254 Å². The number of carbonyl (C=O) groups excluding carboxylic acids is 4. The maximum Gasteiger partial charge on any atom is 0.276 e. The summed E-state index contributed by atoms with van der Waals surface area (Å²) < 4.78 is 32.5. The molecule has 772 valence electrons. The molecule has 37 nitrogen and oxygen atoms in total. The number of aromatic nitrogens is 16. The van der Waals surface area contributed by atoms with E-state index in [1.165, 1.54) is 32.1 Å². The van der Waals surface area contributed by atoms with E-state index in [2.05, 4.69) is 202 Å². The van der Waals surface area contributed by atoms with Crippen molar-refractivity contribution in [3.63, 3.8) is 0 Å². The average Bonchev–Trinajstić information content (AvgIpc) is 1.64. The number of hydrogen-bond donors (Lipinski definition) is 8. The second-order valence-electron chi connectivity index (χ2n) is 39.8. The van der Waals surface area contributed by atoms with E-state index < -0.39 is 5.92 Å². The van der Waals surface area contributed by atoms with Crippen LogP contribution in [0.4, 0.5) is 71.9 Å². The number of carbonyl (C=O) groups is 4. The lowest BCUT2D eigenvalue weighted by Gasteiger charge is -2.33. The number of alkyl halides is 2. The number of pyridine rings is 8. The van der Waals surface area contributed by atoms with Crippen molar-refractivity contribution in [1.82, 2.24) is 105 Å². The number of likely N-dealkylation sites (N-methyl/N-ethyl adjacent to an activating group) is 4. The van der Waals surface area contributed by atoms with Crippen LogP contribution in [-0.2, 0) is 11.3 Å². The molecule has 0 radical (unpaired) electrons. The number of morpholine rings is 1. The first kappa shape index (κ1) is 100. The lowest BCUT2D eigenvalue weighted by molar-refractivity contribution is -0.0566.